The van der Waals surface area contributed by atoms with E-state index in [1.165, 1.54) is 0 Å². The minimum Gasteiger partial charge on any atom is -0.376 e. The molecule has 1 saturated carbocycles. The predicted molar refractivity (Wildman–Crippen MR) is 91.7 cm³/mol. The summed E-state index contributed by atoms with van der Waals surface area (Å²) in [7, 11) is 0. The third-order valence-electron chi connectivity index (χ3n) is 4.07. The first-order chi connectivity index (χ1) is 12.2. The number of hydrogen-bond donors (Lipinski definition) is 1. The Morgan fingerprint density at radius 3 is 2.76 bits per heavy atom. The Morgan fingerprint density at radius 1 is 1.24 bits per heavy atom. The van der Waals surface area contributed by atoms with Gasteiger partial charge in [-0.05, 0) is 53.5 Å². The van der Waals surface area contributed by atoms with Gasteiger partial charge in [-0.2, -0.15) is 4.98 Å². The van der Waals surface area contributed by atoms with E-state index in [4.69, 9.17) is 4.52 Å². The Labute approximate surface area is 145 Å². The summed E-state index contributed by atoms with van der Waals surface area (Å²) in [4.78, 5) is 4.39. The lowest BCUT2D eigenvalue weighted by molar-refractivity contribution is 0.375. The molecular weight excluding hydrogens is 318 g/mol. The molecular formula is C17H21N7O. The molecule has 1 aliphatic carbocycles. The Balaban J connectivity index is 1.39. The van der Waals surface area contributed by atoms with Crippen LogP contribution in [-0.4, -0.2) is 30.3 Å². The van der Waals surface area contributed by atoms with E-state index >= 15 is 0 Å². The number of anilines is 1. The van der Waals surface area contributed by atoms with E-state index < -0.39 is 0 Å². The van der Waals surface area contributed by atoms with Crippen LogP contribution in [0.15, 0.2) is 28.8 Å². The predicted octanol–water partition coefficient (Wildman–Crippen LogP) is 2.87. The maximum absolute atomic E-state index is 5.27. The fourth-order valence-corrected chi connectivity index (χ4v) is 2.67. The van der Waals surface area contributed by atoms with E-state index in [2.05, 4.69) is 44.8 Å². The van der Waals surface area contributed by atoms with Gasteiger partial charge in [0.25, 0.3) is 0 Å². The van der Waals surface area contributed by atoms with Gasteiger partial charge in [0.15, 0.2) is 11.6 Å². The SMILES string of the molecule is CC(C)Cc1noc(CNc2ccc(-c3nnnn3C3CC3)cc2)n1. The van der Waals surface area contributed by atoms with Gasteiger partial charge in [-0.3, -0.25) is 0 Å². The molecule has 0 spiro atoms. The second-order valence-electron chi connectivity index (χ2n) is 6.81. The first-order valence-electron chi connectivity index (χ1n) is 8.62. The quantitative estimate of drug-likeness (QED) is 0.707. The Morgan fingerprint density at radius 2 is 2.04 bits per heavy atom. The van der Waals surface area contributed by atoms with Crippen LogP contribution in [0.2, 0.25) is 0 Å². The van der Waals surface area contributed by atoms with Crippen LogP contribution in [0.3, 0.4) is 0 Å². The Bertz CT molecular complexity index is 833. The monoisotopic (exact) mass is 339 g/mol. The summed E-state index contributed by atoms with van der Waals surface area (Å²) < 4.78 is 7.18. The summed E-state index contributed by atoms with van der Waals surface area (Å²) in [6.45, 7) is 4.77. The van der Waals surface area contributed by atoms with Crippen molar-refractivity contribution in [3.63, 3.8) is 0 Å². The molecule has 0 radical (unpaired) electrons. The number of aromatic nitrogens is 6. The molecule has 0 bridgehead atoms. The molecule has 8 heteroatoms. The molecule has 25 heavy (non-hydrogen) atoms. The molecule has 0 amide bonds. The summed E-state index contributed by atoms with van der Waals surface area (Å²) in [6, 6.07) is 8.51. The van der Waals surface area contributed by atoms with Crippen molar-refractivity contribution in [3.8, 4) is 11.4 Å². The van der Waals surface area contributed by atoms with E-state index in [9.17, 15) is 0 Å². The zero-order valence-corrected chi connectivity index (χ0v) is 14.4. The smallest absolute Gasteiger partial charge is 0.245 e. The molecule has 0 unspecified atom stereocenters. The largest absolute Gasteiger partial charge is 0.376 e. The minimum absolute atomic E-state index is 0.459. The van der Waals surface area contributed by atoms with Crippen LogP contribution in [0.25, 0.3) is 11.4 Å². The Hall–Kier alpha value is -2.77. The maximum atomic E-state index is 5.27. The van der Waals surface area contributed by atoms with E-state index in [1.54, 1.807) is 0 Å². The third-order valence-corrected chi connectivity index (χ3v) is 4.07. The first kappa shape index (κ1) is 15.7. The van der Waals surface area contributed by atoms with E-state index in [0.29, 0.717) is 24.4 Å². The molecule has 3 aromatic rings. The highest BCUT2D eigenvalue weighted by molar-refractivity contribution is 5.59. The van der Waals surface area contributed by atoms with E-state index in [1.807, 2.05) is 28.9 Å². The molecule has 8 nitrogen and oxygen atoms in total. The highest BCUT2D eigenvalue weighted by Gasteiger charge is 2.28. The fraction of sp³-hybridized carbons (Fsp3) is 0.471. The zero-order chi connectivity index (χ0) is 17.2. The Kier molecular flexibility index (Phi) is 4.17. The molecule has 1 aromatic carbocycles. The van der Waals surface area contributed by atoms with Crippen molar-refractivity contribution < 1.29 is 4.52 Å². The topological polar surface area (TPSA) is 94.5 Å². The lowest BCUT2D eigenvalue weighted by Crippen LogP contribution is -2.02. The lowest BCUT2D eigenvalue weighted by atomic mass is 10.1. The summed E-state index contributed by atoms with van der Waals surface area (Å²) in [5.41, 5.74) is 2.00. The maximum Gasteiger partial charge on any atom is 0.245 e. The molecule has 0 aliphatic heterocycles. The molecule has 4 rings (SSSR count). The van der Waals surface area contributed by atoms with Crippen LogP contribution in [0.4, 0.5) is 5.69 Å². The number of tetrazole rings is 1. The number of nitrogens with zero attached hydrogens (tertiary/aromatic N) is 6. The summed E-state index contributed by atoms with van der Waals surface area (Å²) in [5.74, 6) is 2.69. The lowest BCUT2D eigenvalue weighted by Gasteiger charge is -2.06. The fourth-order valence-electron chi connectivity index (χ4n) is 2.67. The highest BCUT2D eigenvalue weighted by Crippen LogP contribution is 2.36. The standard InChI is InChI=1S/C17H21N7O/c1-11(2)9-15-19-16(25-21-15)10-18-13-5-3-12(4-6-13)17-20-22-23-24(17)14-7-8-14/h3-6,11,14,18H,7-10H2,1-2H3. The van der Waals surface area contributed by atoms with Gasteiger partial charge in [-0.15, -0.1) is 5.10 Å². The van der Waals surface area contributed by atoms with Crippen molar-refractivity contribution in [2.24, 2.45) is 5.92 Å². The van der Waals surface area contributed by atoms with Crippen LogP contribution < -0.4 is 5.32 Å². The van der Waals surface area contributed by atoms with Crippen LogP contribution in [0.5, 0.6) is 0 Å². The van der Waals surface area contributed by atoms with Gasteiger partial charge in [0.1, 0.15) is 0 Å². The van der Waals surface area contributed by atoms with Crippen LogP contribution in [-0.2, 0) is 13.0 Å². The van der Waals surface area contributed by atoms with Gasteiger partial charge in [0.2, 0.25) is 5.89 Å². The van der Waals surface area contributed by atoms with Crippen molar-refractivity contribution in [2.45, 2.75) is 45.7 Å². The molecule has 1 fully saturated rings. The van der Waals surface area contributed by atoms with Gasteiger partial charge in [0.05, 0.1) is 12.6 Å². The van der Waals surface area contributed by atoms with Crippen LogP contribution >= 0.6 is 0 Å². The average Bonchev–Trinajstić information content (AvgIpc) is 3.16. The van der Waals surface area contributed by atoms with Crippen LogP contribution in [0, 0.1) is 5.92 Å². The van der Waals surface area contributed by atoms with Gasteiger partial charge >= 0.3 is 0 Å². The second-order valence-corrected chi connectivity index (χ2v) is 6.81. The number of rotatable bonds is 7. The molecule has 1 N–H and O–H groups in total. The third kappa shape index (κ3) is 3.67. The van der Waals surface area contributed by atoms with Gasteiger partial charge < -0.3 is 9.84 Å². The minimum atomic E-state index is 0.459. The van der Waals surface area contributed by atoms with Crippen molar-refractivity contribution in [3.05, 3.63) is 36.0 Å². The van der Waals surface area contributed by atoms with Crippen molar-refractivity contribution in [1.29, 1.82) is 0 Å². The van der Waals surface area contributed by atoms with Gasteiger partial charge in [-0.1, -0.05) is 19.0 Å². The molecule has 0 atom stereocenters. The van der Waals surface area contributed by atoms with Gasteiger partial charge in [0, 0.05) is 17.7 Å². The van der Waals surface area contributed by atoms with E-state index in [0.717, 1.165) is 42.2 Å². The number of nitrogens with one attached hydrogen (secondary N) is 1. The highest BCUT2D eigenvalue weighted by atomic mass is 16.5. The van der Waals surface area contributed by atoms with Crippen molar-refractivity contribution >= 4 is 5.69 Å². The zero-order valence-electron chi connectivity index (χ0n) is 14.4. The molecule has 0 saturated heterocycles. The molecule has 130 valence electrons. The molecule has 1 aliphatic rings. The summed E-state index contributed by atoms with van der Waals surface area (Å²) in [5, 5.41) is 19.3. The number of benzene rings is 1. The van der Waals surface area contributed by atoms with Crippen molar-refractivity contribution in [1.82, 2.24) is 30.3 Å². The van der Waals surface area contributed by atoms with Crippen LogP contribution in [0.1, 0.15) is 44.4 Å². The first-order valence-corrected chi connectivity index (χ1v) is 8.62. The number of hydrogen-bond acceptors (Lipinski definition) is 7. The molecule has 2 heterocycles. The molecule has 2 aromatic heterocycles. The van der Waals surface area contributed by atoms with Crippen molar-refractivity contribution in [2.75, 3.05) is 5.32 Å². The summed E-state index contributed by atoms with van der Waals surface area (Å²) >= 11 is 0. The summed E-state index contributed by atoms with van der Waals surface area (Å²) in [6.07, 6.45) is 3.13. The van der Waals surface area contributed by atoms with E-state index in [-0.39, 0.29) is 0 Å². The average molecular weight is 339 g/mol. The second kappa shape index (κ2) is 6.62. The normalized spacial score (nSPS) is 14.2. The van der Waals surface area contributed by atoms with Gasteiger partial charge in [-0.25, -0.2) is 4.68 Å².